The van der Waals surface area contributed by atoms with E-state index in [1.807, 2.05) is 60.8 Å². The number of nitrogens with one attached hydrogen (secondary N) is 4. The van der Waals surface area contributed by atoms with E-state index >= 15 is 0 Å². The zero-order chi connectivity index (χ0) is 43.0. The number of H-pyrrole nitrogens is 1. The van der Waals surface area contributed by atoms with Gasteiger partial charge >= 0.3 is 5.97 Å². The van der Waals surface area contributed by atoms with Gasteiger partial charge in [0.2, 0.25) is 17.7 Å². The smallest absolute Gasteiger partial charge is 0.356 e. The Balaban J connectivity index is 1.35. The summed E-state index contributed by atoms with van der Waals surface area (Å²) in [6.45, 7) is 1.07. The van der Waals surface area contributed by atoms with E-state index < -0.39 is 35.9 Å². The van der Waals surface area contributed by atoms with Crippen molar-refractivity contribution in [3.05, 3.63) is 113 Å². The number of aromatic carboxylic acids is 1. The zero-order valence-corrected chi connectivity index (χ0v) is 35.3. The van der Waals surface area contributed by atoms with Crippen molar-refractivity contribution in [3.63, 3.8) is 0 Å². The van der Waals surface area contributed by atoms with Crippen molar-refractivity contribution in [2.45, 2.75) is 79.7 Å². The zero-order valence-electron chi connectivity index (χ0n) is 33.7. The van der Waals surface area contributed by atoms with E-state index in [9.17, 15) is 24.3 Å². The van der Waals surface area contributed by atoms with Crippen molar-refractivity contribution in [3.8, 4) is 11.1 Å². The molecule has 3 atom stereocenters. The number of likely N-dealkylation sites (N-methyl/N-ethyl adjacent to an activating group) is 1. The van der Waals surface area contributed by atoms with Gasteiger partial charge in [-0.25, -0.2) is 14.3 Å². The topological polar surface area (TPSA) is 226 Å². The van der Waals surface area contributed by atoms with Crippen LogP contribution in [0.25, 0.3) is 27.5 Å². The summed E-state index contributed by atoms with van der Waals surface area (Å²) >= 11 is 8.40. The molecule has 17 heteroatoms. The SMILES string of the molecule is CN1C(=O)[C@H](CCCCN)NC(=O)[C@H](CCCN)NCc2cccnc2Sc2c(Cl)ccc(-c3ccn4nc(C(=O)O)cc4c3)c2CNC(=O)[C@@H]1Cc1c[nH]c2ccccc12. The molecule has 0 bridgehead atoms. The number of unbranched alkanes of at least 4 members (excludes halogenated alkanes) is 1. The Bertz CT molecular complexity index is 2560. The lowest BCUT2D eigenvalue weighted by atomic mass is 9.99. The summed E-state index contributed by atoms with van der Waals surface area (Å²) < 4.78 is 1.49. The molecule has 0 unspecified atom stereocenters. The highest BCUT2D eigenvalue weighted by Gasteiger charge is 2.34. The van der Waals surface area contributed by atoms with Crippen LogP contribution in [0.15, 0.2) is 95.2 Å². The molecule has 1 aliphatic heterocycles. The van der Waals surface area contributed by atoms with Gasteiger partial charge in [-0.1, -0.05) is 53.7 Å². The third kappa shape index (κ3) is 9.90. The van der Waals surface area contributed by atoms with Gasteiger partial charge < -0.3 is 42.4 Å². The van der Waals surface area contributed by atoms with Crippen molar-refractivity contribution in [1.29, 1.82) is 0 Å². The van der Waals surface area contributed by atoms with Crippen LogP contribution in [0.5, 0.6) is 0 Å². The van der Waals surface area contributed by atoms with Crippen LogP contribution in [0.3, 0.4) is 0 Å². The van der Waals surface area contributed by atoms with Crippen LogP contribution in [-0.2, 0) is 33.9 Å². The first-order valence-electron chi connectivity index (χ1n) is 20.3. The third-order valence-electron chi connectivity index (χ3n) is 11.0. The monoisotopic (exact) mass is 864 g/mol. The predicted octanol–water partition coefficient (Wildman–Crippen LogP) is 4.89. The molecule has 2 aromatic carbocycles. The molecule has 0 fully saturated rings. The minimum absolute atomic E-state index is 0.00649. The van der Waals surface area contributed by atoms with Crippen LogP contribution in [0.2, 0.25) is 5.02 Å². The Morgan fingerprint density at radius 2 is 1.75 bits per heavy atom. The van der Waals surface area contributed by atoms with Gasteiger partial charge in [-0.3, -0.25) is 14.4 Å². The molecule has 5 heterocycles. The molecular weight excluding hydrogens is 816 g/mol. The van der Waals surface area contributed by atoms with Crippen molar-refractivity contribution in [2.24, 2.45) is 11.5 Å². The average molecular weight is 865 g/mol. The predicted molar refractivity (Wildman–Crippen MR) is 235 cm³/mol. The summed E-state index contributed by atoms with van der Waals surface area (Å²) in [7, 11) is 1.60. The van der Waals surface area contributed by atoms with Gasteiger partial charge in [0.15, 0.2) is 5.69 Å². The fourth-order valence-electron chi connectivity index (χ4n) is 7.68. The van der Waals surface area contributed by atoms with E-state index in [-0.39, 0.29) is 31.1 Å². The maximum atomic E-state index is 14.8. The first kappa shape index (κ1) is 43.3. The fraction of sp³-hybridized carbons (Fsp3) is 0.318. The lowest BCUT2D eigenvalue weighted by molar-refractivity contribution is -0.142. The Hall–Kier alpha value is -5.78. The standard InChI is InChI=1S/C44H49ClN10O5S/c1-54-38(21-28-24-49-34-10-3-2-9-31(28)34)41(57)51-25-32-30(26-15-19-55-29(20-26)22-37(53-55)44(59)60)13-14-33(45)39(32)61-42-27(8-7-18-48-42)23-50-35(12-6-17-47)40(56)52-36(43(54)58)11-4-5-16-46/h2-3,7-10,13-15,18-20,22,24,35-36,38,49-50H,4-6,11-12,16-17,21,23,25,46-47H2,1H3,(H,51,57)(H,52,56)(H,59,60)/t35-,36-,38-/m0/s1. The maximum Gasteiger partial charge on any atom is 0.356 e. The highest BCUT2D eigenvalue weighted by molar-refractivity contribution is 7.99. The van der Waals surface area contributed by atoms with Crippen molar-refractivity contribution < 1.29 is 24.3 Å². The lowest BCUT2D eigenvalue weighted by Gasteiger charge is -2.32. The van der Waals surface area contributed by atoms with Gasteiger partial charge in [0.05, 0.1) is 16.6 Å². The molecule has 6 aromatic rings. The molecule has 15 nitrogen and oxygen atoms in total. The largest absolute Gasteiger partial charge is 0.476 e. The van der Waals surface area contributed by atoms with Gasteiger partial charge in [-0.05, 0) is 109 Å². The Kier molecular flexibility index (Phi) is 14.0. The van der Waals surface area contributed by atoms with Gasteiger partial charge in [-0.2, -0.15) is 5.10 Å². The van der Waals surface area contributed by atoms with Gasteiger partial charge in [0.25, 0.3) is 0 Å². The van der Waals surface area contributed by atoms with Gasteiger partial charge in [0.1, 0.15) is 17.1 Å². The first-order chi connectivity index (χ1) is 29.6. The molecule has 3 amide bonds. The van der Waals surface area contributed by atoms with E-state index in [1.54, 1.807) is 25.5 Å². The average Bonchev–Trinajstić information content (AvgIpc) is 3.89. The number of carboxylic acids is 1. The molecule has 0 radical (unpaired) electrons. The molecule has 1 aliphatic rings. The number of hydrogen-bond donors (Lipinski definition) is 7. The van der Waals surface area contributed by atoms with Crippen molar-refractivity contribution in [2.75, 3.05) is 20.1 Å². The number of carboxylic acid groups (broad SMARTS) is 1. The van der Waals surface area contributed by atoms with Gasteiger partial charge in [0, 0.05) is 60.9 Å². The molecule has 9 N–H and O–H groups in total. The first-order valence-corrected chi connectivity index (χ1v) is 21.4. The fourth-order valence-corrected chi connectivity index (χ4v) is 9.02. The summed E-state index contributed by atoms with van der Waals surface area (Å²) in [4.78, 5) is 65.5. The highest BCUT2D eigenvalue weighted by Crippen LogP contribution is 2.41. The number of carbonyl (C=O) groups is 4. The van der Waals surface area contributed by atoms with Crippen LogP contribution in [0.4, 0.5) is 0 Å². The molecule has 7 rings (SSSR count). The number of amides is 3. The Morgan fingerprint density at radius 3 is 2.56 bits per heavy atom. The second kappa shape index (κ2) is 19.7. The van der Waals surface area contributed by atoms with E-state index in [4.69, 9.17) is 28.1 Å². The van der Waals surface area contributed by atoms with E-state index in [2.05, 4.69) is 26.0 Å². The van der Waals surface area contributed by atoms with Crippen LogP contribution >= 0.6 is 23.4 Å². The van der Waals surface area contributed by atoms with Crippen LogP contribution in [-0.4, -0.2) is 91.5 Å². The normalized spacial score (nSPS) is 18.1. The number of aromatic amines is 1. The van der Waals surface area contributed by atoms with E-state index in [0.29, 0.717) is 71.2 Å². The lowest BCUT2D eigenvalue weighted by Crippen LogP contribution is -2.57. The number of halogens is 1. The minimum atomic E-state index is -1.15. The number of pyridine rings is 2. The number of benzene rings is 2. The molecule has 4 aromatic heterocycles. The molecule has 0 saturated carbocycles. The summed E-state index contributed by atoms with van der Waals surface area (Å²) in [5.74, 6) is -2.32. The number of rotatable bonds is 11. The molecular formula is C44H49ClN10O5S. The molecule has 0 aliphatic carbocycles. The number of hydrogen-bond acceptors (Lipinski definition) is 10. The Labute approximate surface area is 362 Å². The number of nitrogens with zero attached hydrogens (tertiary/aromatic N) is 4. The third-order valence-corrected chi connectivity index (χ3v) is 12.7. The van der Waals surface area contributed by atoms with E-state index in [1.165, 1.54) is 27.2 Å². The highest BCUT2D eigenvalue weighted by atomic mass is 35.5. The van der Waals surface area contributed by atoms with Crippen LogP contribution in [0, 0.1) is 0 Å². The number of carbonyl (C=O) groups excluding carboxylic acids is 3. The summed E-state index contributed by atoms with van der Waals surface area (Å²) in [5.41, 5.74) is 16.9. The number of para-hydroxylation sites is 1. The number of aromatic nitrogens is 4. The molecule has 61 heavy (non-hydrogen) atoms. The van der Waals surface area contributed by atoms with E-state index in [0.717, 1.165) is 33.2 Å². The number of fused-ring (bicyclic) bond motifs is 4. The quantitative estimate of drug-likeness (QED) is 0.0869. The van der Waals surface area contributed by atoms with Crippen molar-refractivity contribution in [1.82, 2.24) is 40.4 Å². The second-order valence-corrected chi connectivity index (χ2v) is 16.5. The minimum Gasteiger partial charge on any atom is -0.476 e. The number of nitrogens with two attached hydrogens (primary N) is 2. The van der Waals surface area contributed by atoms with Crippen molar-refractivity contribution >= 4 is 63.5 Å². The molecule has 0 saturated heterocycles. The van der Waals surface area contributed by atoms with Crippen LogP contribution in [0.1, 0.15) is 59.3 Å². The second-order valence-electron chi connectivity index (χ2n) is 15.0. The summed E-state index contributed by atoms with van der Waals surface area (Å²) in [6.07, 6.45) is 7.93. The Morgan fingerprint density at radius 1 is 0.951 bits per heavy atom. The summed E-state index contributed by atoms with van der Waals surface area (Å²) in [6, 6.07) is 17.7. The summed E-state index contributed by atoms with van der Waals surface area (Å²) in [5, 5.41) is 25.4. The maximum absolute atomic E-state index is 14.8. The molecule has 318 valence electrons. The molecule has 0 spiro atoms. The van der Waals surface area contributed by atoms with Gasteiger partial charge in [-0.15, -0.1) is 0 Å². The van der Waals surface area contributed by atoms with Crippen LogP contribution < -0.4 is 27.4 Å².